The fourth-order valence-corrected chi connectivity index (χ4v) is 0.899. The molecule has 0 aliphatic rings. The van der Waals surface area contributed by atoms with Crippen molar-refractivity contribution in [2.24, 2.45) is 0 Å². The van der Waals surface area contributed by atoms with E-state index in [-0.39, 0.29) is 11.8 Å². The summed E-state index contributed by atoms with van der Waals surface area (Å²) >= 11 is 0. The van der Waals surface area contributed by atoms with Crippen molar-refractivity contribution in [2.75, 3.05) is 0 Å². The van der Waals surface area contributed by atoms with Gasteiger partial charge in [-0.1, -0.05) is 0 Å². The first kappa shape index (κ1) is 9.51. The smallest absolute Gasteiger partial charge is 0.228 e. The Morgan fingerprint density at radius 2 is 1.92 bits per heavy atom. The van der Waals surface area contributed by atoms with Crippen molar-refractivity contribution in [1.29, 1.82) is 0 Å². The molecule has 1 rings (SSSR count). The molecule has 0 aliphatic carbocycles. The van der Waals surface area contributed by atoms with E-state index in [0.29, 0.717) is 0 Å². The number of aldehydes is 1. The van der Waals surface area contributed by atoms with Crippen LogP contribution in [0.15, 0.2) is 12.1 Å². The van der Waals surface area contributed by atoms with Gasteiger partial charge in [0.15, 0.2) is 6.29 Å². The summed E-state index contributed by atoms with van der Waals surface area (Å²) in [6.45, 7) is 1.37. The molecule has 0 aliphatic heterocycles. The molecule has 0 heterocycles. The minimum absolute atomic E-state index is 0.0484. The molecular formula is C9H6F2O2. The van der Waals surface area contributed by atoms with Crippen LogP contribution in [-0.4, -0.2) is 12.1 Å². The summed E-state index contributed by atoms with van der Waals surface area (Å²) in [5.74, 6) is -2.64. The summed E-state index contributed by atoms with van der Waals surface area (Å²) in [5, 5.41) is 0. The molecule has 68 valence electrons. The molecule has 0 atom stereocenters. The Bertz CT molecular complexity index is 372. The number of halogens is 2. The second-order valence-electron chi connectivity index (χ2n) is 2.56. The van der Waals surface area contributed by atoms with Crippen molar-refractivity contribution >= 4 is 12.1 Å². The van der Waals surface area contributed by atoms with E-state index in [1.54, 1.807) is 0 Å². The number of aryl methyl sites for hydroxylation is 1. The lowest BCUT2D eigenvalue weighted by atomic mass is 10.1. The summed E-state index contributed by atoms with van der Waals surface area (Å²) in [4.78, 5) is 20.7. The molecule has 0 spiro atoms. The van der Waals surface area contributed by atoms with E-state index in [9.17, 15) is 18.4 Å². The van der Waals surface area contributed by atoms with E-state index in [0.717, 1.165) is 12.1 Å². The lowest BCUT2D eigenvalue weighted by molar-refractivity contribution is -0.104. The Kier molecular flexibility index (Phi) is 2.51. The first-order valence-electron chi connectivity index (χ1n) is 3.51. The van der Waals surface area contributed by atoms with Gasteiger partial charge in [-0.25, -0.2) is 8.78 Å². The van der Waals surface area contributed by atoms with Crippen molar-refractivity contribution in [2.45, 2.75) is 6.92 Å². The number of carbonyl (C=O) groups is 2. The minimum Gasteiger partial charge on any atom is -0.294 e. The third-order valence-electron chi connectivity index (χ3n) is 1.62. The van der Waals surface area contributed by atoms with E-state index in [4.69, 9.17) is 0 Å². The highest BCUT2D eigenvalue weighted by atomic mass is 19.1. The molecule has 1 aromatic rings. The standard InChI is InChI=1S/C9H6F2O2/c1-5-2-8(11)6(3-7(5)10)9(13)4-12/h2-4H,1H3. The SMILES string of the molecule is Cc1cc(F)c(C(=O)C=O)cc1F. The zero-order valence-electron chi connectivity index (χ0n) is 6.80. The summed E-state index contributed by atoms with van der Waals surface area (Å²) in [6.07, 6.45) is -0.0484. The molecule has 0 fully saturated rings. The van der Waals surface area contributed by atoms with Gasteiger partial charge in [0, 0.05) is 0 Å². The van der Waals surface area contributed by atoms with Crippen molar-refractivity contribution in [1.82, 2.24) is 0 Å². The highest BCUT2D eigenvalue weighted by molar-refractivity contribution is 6.33. The van der Waals surface area contributed by atoms with E-state index in [2.05, 4.69) is 0 Å². The van der Waals surface area contributed by atoms with Crippen LogP contribution in [0.1, 0.15) is 15.9 Å². The fraction of sp³-hybridized carbons (Fsp3) is 0.111. The Morgan fingerprint density at radius 1 is 1.31 bits per heavy atom. The number of Topliss-reactive ketones (excluding diaryl/α,β-unsaturated/α-hetero) is 1. The number of hydrogen-bond donors (Lipinski definition) is 0. The third-order valence-corrected chi connectivity index (χ3v) is 1.62. The van der Waals surface area contributed by atoms with Crippen LogP contribution < -0.4 is 0 Å². The van der Waals surface area contributed by atoms with Crippen LogP contribution in [0.2, 0.25) is 0 Å². The minimum atomic E-state index is -1.06. The van der Waals surface area contributed by atoms with Gasteiger partial charge in [0.05, 0.1) is 5.56 Å². The first-order chi connectivity index (χ1) is 6.06. The molecule has 0 radical (unpaired) electrons. The highest BCUT2D eigenvalue weighted by Crippen LogP contribution is 2.13. The first-order valence-corrected chi connectivity index (χ1v) is 3.51. The zero-order valence-corrected chi connectivity index (χ0v) is 6.80. The maximum Gasteiger partial charge on any atom is 0.228 e. The summed E-state index contributed by atoms with van der Waals surface area (Å²) in [6, 6.07) is 1.60. The number of rotatable bonds is 2. The lowest BCUT2D eigenvalue weighted by Gasteiger charge is -2.00. The zero-order chi connectivity index (χ0) is 10.0. The van der Waals surface area contributed by atoms with Crippen LogP contribution in [0.25, 0.3) is 0 Å². The van der Waals surface area contributed by atoms with Crippen molar-refractivity contribution in [3.05, 3.63) is 34.9 Å². The van der Waals surface area contributed by atoms with E-state index >= 15 is 0 Å². The second-order valence-corrected chi connectivity index (χ2v) is 2.56. The molecule has 0 bridgehead atoms. The van der Waals surface area contributed by atoms with E-state index in [1.165, 1.54) is 6.92 Å². The number of hydrogen-bond acceptors (Lipinski definition) is 2. The van der Waals surface area contributed by atoms with Crippen molar-refractivity contribution in [3.63, 3.8) is 0 Å². The monoisotopic (exact) mass is 184 g/mol. The van der Waals surface area contributed by atoms with Gasteiger partial charge in [-0.05, 0) is 24.6 Å². The van der Waals surface area contributed by atoms with E-state index < -0.39 is 23.0 Å². The largest absolute Gasteiger partial charge is 0.294 e. The lowest BCUT2D eigenvalue weighted by Crippen LogP contribution is -2.04. The average Bonchev–Trinajstić information content (AvgIpc) is 2.10. The molecule has 1 aromatic carbocycles. The van der Waals surface area contributed by atoms with Crippen molar-refractivity contribution in [3.8, 4) is 0 Å². The summed E-state index contributed by atoms with van der Waals surface area (Å²) in [7, 11) is 0. The highest BCUT2D eigenvalue weighted by Gasteiger charge is 2.13. The molecule has 4 heteroatoms. The van der Waals surface area contributed by atoms with Crippen LogP contribution in [0, 0.1) is 18.6 Å². The fourth-order valence-electron chi connectivity index (χ4n) is 0.899. The van der Waals surface area contributed by atoms with Gasteiger partial charge in [-0.2, -0.15) is 0 Å². The van der Waals surface area contributed by atoms with Crippen LogP contribution in [0.5, 0.6) is 0 Å². The van der Waals surface area contributed by atoms with Gasteiger partial charge in [-0.3, -0.25) is 9.59 Å². The quantitative estimate of drug-likeness (QED) is 0.398. The number of ketones is 1. The normalized spacial score (nSPS) is 9.77. The molecule has 0 unspecified atom stereocenters. The van der Waals surface area contributed by atoms with Gasteiger partial charge < -0.3 is 0 Å². The predicted octanol–water partition coefficient (Wildman–Crippen LogP) is 1.65. The number of benzene rings is 1. The molecule has 0 aromatic heterocycles. The Labute approximate surface area is 73.2 Å². The molecule has 13 heavy (non-hydrogen) atoms. The van der Waals surface area contributed by atoms with Crippen LogP contribution in [-0.2, 0) is 4.79 Å². The van der Waals surface area contributed by atoms with Crippen LogP contribution in [0.4, 0.5) is 8.78 Å². The average molecular weight is 184 g/mol. The molecule has 0 saturated carbocycles. The predicted molar refractivity (Wildman–Crippen MR) is 41.5 cm³/mol. The van der Waals surface area contributed by atoms with Gasteiger partial charge in [0.25, 0.3) is 0 Å². The number of carbonyl (C=O) groups excluding carboxylic acids is 2. The summed E-state index contributed by atoms with van der Waals surface area (Å²) in [5.41, 5.74) is -0.432. The molecular weight excluding hydrogens is 178 g/mol. The van der Waals surface area contributed by atoms with Gasteiger partial charge in [0.2, 0.25) is 5.78 Å². The molecule has 2 nitrogen and oxygen atoms in total. The maximum atomic E-state index is 12.9. The molecule has 0 N–H and O–H groups in total. The maximum absolute atomic E-state index is 12.9. The van der Waals surface area contributed by atoms with Crippen LogP contribution >= 0.6 is 0 Å². The van der Waals surface area contributed by atoms with Gasteiger partial charge in [-0.15, -0.1) is 0 Å². The Hall–Kier alpha value is -1.58. The topological polar surface area (TPSA) is 34.1 Å². The van der Waals surface area contributed by atoms with Crippen LogP contribution in [0.3, 0.4) is 0 Å². The molecule has 0 amide bonds. The Balaban J connectivity index is 3.31. The third kappa shape index (κ3) is 1.77. The van der Waals surface area contributed by atoms with Gasteiger partial charge in [0.1, 0.15) is 11.6 Å². The summed E-state index contributed by atoms with van der Waals surface area (Å²) < 4.78 is 25.7. The van der Waals surface area contributed by atoms with E-state index in [1.807, 2.05) is 0 Å². The van der Waals surface area contributed by atoms with Gasteiger partial charge >= 0.3 is 0 Å². The molecule has 0 saturated heterocycles. The Morgan fingerprint density at radius 3 is 2.46 bits per heavy atom. The van der Waals surface area contributed by atoms with Crippen molar-refractivity contribution < 1.29 is 18.4 Å². The second kappa shape index (κ2) is 3.43.